The summed E-state index contributed by atoms with van der Waals surface area (Å²) in [7, 11) is 0. The van der Waals surface area contributed by atoms with Gasteiger partial charge in [-0.25, -0.2) is 4.39 Å². The molecular weight excluding hydrogens is 323 g/mol. The van der Waals surface area contributed by atoms with Gasteiger partial charge in [0.05, 0.1) is 11.1 Å². The van der Waals surface area contributed by atoms with Crippen molar-refractivity contribution in [2.75, 3.05) is 6.54 Å². The number of fused-ring (bicyclic) bond motifs is 1. The summed E-state index contributed by atoms with van der Waals surface area (Å²) < 4.78 is 13.7. The summed E-state index contributed by atoms with van der Waals surface area (Å²) in [6.45, 7) is 3.32. The van der Waals surface area contributed by atoms with Crippen LogP contribution in [0.25, 0.3) is 10.9 Å². The maximum atomic E-state index is 13.7. The van der Waals surface area contributed by atoms with Crippen molar-refractivity contribution in [2.24, 2.45) is 0 Å². The molecular formula is C19H21FN2O3. The maximum absolute atomic E-state index is 13.7. The normalized spacial score (nSPS) is 15.2. The third kappa shape index (κ3) is 3.62. The Balaban J connectivity index is 2.12. The molecule has 1 N–H and O–H groups in total. The highest BCUT2D eigenvalue weighted by Gasteiger charge is 2.29. The molecule has 6 heteroatoms. The number of pyridine rings is 1. The van der Waals surface area contributed by atoms with Crippen LogP contribution in [0.5, 0.6) is 0 Å². The van der Waals surface area contributed by atoms with Crippen LogP contribution in [0, 0.1) is 5.82 Å². The van der Waals surface area contributed by atoms with Crippen LogP contribution in [0.4, 0.5) is 4.39 Å². The number of nitrogens with zero attached hydrogens (tertiary/aromatic N) is 2. The number of halogens is 1. The average Bonchev–Trinajstić information content (AvgIpc) is 3.42. The van der Waals surface area contributed by atoms with Crippen LogP contribution in [0.3, 0.4) is 0 Å². The minimum Gasteiger partial charge on any atom is -0.480 e. The molecule has 1 aliphatic rings. The molecule has 1 aliphatic carbocycles. The van der Waals surface area contributed by atoms with Crippen molar-refractivity contribution in [1.29, 1.82) is 0 Å². The van der Waals surface area contributed by atoms with E-state index in [2.05, 4.69) is 4.98 Å². The molecule has 5 nitrogen and oxygen atoms in total. The number of benzene rings is 1. The Morgan fingerprint density at radius 3 is 2.68 bits per heavy atom. The standard InChI is InChI=1S/C19H21FN2O3/c1-3-11(2)22(10-18(23)24)19(25)15-9-17(12-4-5-12)21-16-7-6-13(20)8-14(15)16/h6-9,11-12H,3-5,10H2,1-2H3,(H,23,24). The number of carboxylic acids is 1. The molecule has 1 aromatic carbocycles. The molecule has 1 saturated carbocycles. The number of rotatable bonds is 6. The quantitative estimate of drug-likeness (QED) is 0.869. The molecule has 1 heterocycles. The van der Waals surface area contributed by atoms with E-state index >= 15 is 0 Å². The minimum atomic E-state index is -1.07. The maximum Gasteiger partial charge on any atom is 0.323 e. The van der Waals surface area contributed by atoms with E-state index in [1.54, 1.807) is 12.1 Å². The molecule has 1 amide bonds. The number of hydrogen-bond acceptors (Lipinski definition) is 3. The van der Waals surface area contributed by atoms with Gasteiger partial charge < -0.3 is 10.0 Å². The third-order valence-corrected chi connectivity index (χ3v) is 4.71. The Bertz CT molecular complexity index is 833. The Labute approximate surface area is 145 Å². The number of carbonyl (C=O) groups excluding carboxylic acids is 1. The van der Waals surface area contributed by atoms with Crippen molar-refractivity contribution in [1.82, 2.24) is 9.88 Å². The molecule has 132 valence electrons. The van der Waals surface area contributed by atoms with E-state index < -0.39 is 17.7 Å². The molecule has 1 unspecified atom stereocenters. The molecule has 0 spiro atoms. The van der Waals surface area contributed by atoms with Gasteiger partial charge in [0.15, 0.2) is 0 Å². The van der Waals surface area contributed by atoms with Crippen molar-refractivity contribution in [3.8, 4) is 0 Å². The Kier molecular flexibility index (Phi) is 4.70. The molecule has 1 aromatic heterocycles. The van der Waals surface area contributed by atoms with Crippen LogP contribution >= 0.6 is 0 Å². The first-order valence-corrected chi connectivity index (χ1v) is 8.53. The second kappa shape index (κ2) is 6.78. The molecule has 0 saturated heterocycles. The van der Waals surface area contributed by atoms with E-state index in [1.807, 2.05) is 13.8 Å². The van der Waals surface area contributed by atoms with Gasteiger partial charge in [0.2, 0.25) is 0 Å². The van der Waals surface area contributed by atoms with Crippen molar-refractivity contribution >= 4 is 22.8 Å². The fourth-order valence-electron chi connectivity index (χ4n) is 2.93. The van der Waals surface area contributed by atoms with Gasteiger partial charge in [-0.15, -0.1) is 0 Å². The summed E-state index contributed by atoms with van der Waals surface area (Å²) in [6.07, 6.45) is 2.68. The van der Waals surface area contributed by atoms with E-state index in [9.17, 15) is 14.0 Å². The zero-order valence-electron chi connectivity index (χ0n) is 14.3. The van der Waals surface area contributed by atoms with Gasteiger partial charge in [-0.05, 0) is 50.5 Å². The first-order valence-electron chi connectivity index (χ1n) is 8.53. The van der Waals surface area contributed by atoms with E-state index in [-0.39, 0.29) is 12.6 Å². The van der Waals surface area contributed by atoms with Crippen LogP contribution in [-0.4, -0.2) is 39.5 Å². The highest BCUT2D eigenvalue weighted by Crippen LogP contribution is 2.40. The predicted molar refractivity (Wildman–Crippen MR) is 92.1 cm³/mol. The lowest BCUT2D eigenvalue weighted by atomic mass is 10.0. The lowest BCUT2D eigenvalue weighted by molar-refractivity contribution is -0.138. The number of aromatic nitrogens is 1. The van der Waals surface area contributed by atoms with Gasteiger partial charge in [0.25, 0.3) is 5.91 Å². The van der Waals surface area contributed by atoms with Gasteiger partial charge in [0, 0.05) is 23.0 Å². The molecule has 3 rings (SSSR count). The Morgan fingerprint density at radius 1 is 1.36 bits per heavy atom. The second-order valence-corrected chi connectivity index (χ2v) is 6.61. The van der Waals surface area contributed by atoms with Crippen molar-refractivity contribution in [3.63, 3.8) is 0 Å². The molecule has 1 atom stereocenters. The summed E-state index contributed by atoms with van der Waals surface area (Å²) in [5.41, 5.74) is 1.71. The van der Waals surface area contributed by atoms with Crippen molar-refractivity contribution in [3.05, 3.63) is 41.3 Å². The lowest BCUT2D eigenvalue weighted by Gasteiger charge is -2.27. The summed E-state index contributed by atoms with van der Waals surface area (Å²) in [4.78, 5) is 30.2. The van der Waals surface area contributed by atoms with Crippen LogP contribution in [0.1, 0.15) is 55.1 Å². The minimum absolute atomic E-state index is 0.232. The van der Waals surface area contributed by atoms with E-state index in [0.717, 1.165) is 18.5 Å². The molecule has 1 fully saturated rings. The number of aliphatic carboxylic acids is 1. The molecule has 2 aromatic rings. The van der Waals surface area contributed by atoms with Crippen LogP contribution in [0.15, 0.2) is 24.3 Å². The van der Waals surface area contributed by atoms with Crippen LogP contribution < -0.4 is 0 Å². The van der Waals surface area contributed by atoms with Crippen molar-refractivity contribution < 1.29 is 19.1 Å². The fourth-order valence-corrected chi connectivity index (χ4v) is 2.93. The first-order chi connectivity index (χ1) is 11.9. The lowest BCUT2D eigenvalue weighted by Crippen LogP contribution is -2.42. The Morgan fingerprint density at radius 2 is 2.08 bits per heavy atom. The number of hydrogen-bond donors (Lipinski definition) is 1. The molecule has 0 bridgehead atoms. The van der Waals surface area contributed by atoms with Gasteiger partial charge >= 0.3 is 5.97 Å². The topological polar surface area (TPSA) is 70.5 Å². The van der Waals surface area contributed by atoms with E-state index in [0.29, 0.717) is 28.8 Å². The first kappa shape index (κ1) is 17.3. The van der Waals surface area contributed by atoms with Gasteiger partial charge in [-0.3, -0.25) is 14.6 Å². The fraction of sp³-hybridized carbons (Fsp3) is 0.421. The van der Waals surface area contributed by atoms with E-state index in [1.165, 1.54) is 17.0 Å². The van der Waals surface area contributed by atoms with Gasteiger partial charge in [-0.1, -0.05) is 6.92 Å². The number of carboxylic acid groups (broad SMARTS) is 1. The predicted octanol–water partition coefficient (Wildman–Crippen LogP) is 3.58. The van der Waals surface area contributed by atoms with E-state index in [4.69, 9.17) is 5.11 Å². The molecule has 25 heavy (non-hydrogen) atoms. The highest BCUT2D eigenvalue weighted by atomic mass is 19.1. The molecule has 0 radical (unpaired) electrons. The van der Waals surface area contributed by atoms with Crippen molar-refractivity contribution in [2.45, 2.75) is 45.1 Å². The third-order valence-electron chi connectivity index (χ3n) is 4.71. The Hall–Kier alpha value is -2.50. The number of carbonyl (C=O) groups is 2. The largest absolute Gasteiger partial charge is 0.480 e. The van der Waals surface area contributed by atoms with Crippen LogP contribution in [-0.2, 0) is 4.79 Å². The van der Waals surface area contributed by atoms with Crippen LogP contribution in [0.2, 0.25) is 0 Å². The SMILES string of the molecule is CCC(C)N(CC(=O)O)C(=O)c1cc(C2CC2)nc2ccc(F)cc12. The summed E-state index contributed by atoms with van der Waals surface area (Å²) in [6, 6.07) is 5.66. The molecule has 0 aliphatic heterocycles. The zero-order valence-corrected chi connectivity index (χ0v) is 14.3. The summed E-state index contributed by atoms with van der Waals surface area (Å²) in [5, 5.41) is 9.59. The summed E-state index contributed by atoms with van der Waals surface area (Å²) in [5.74, 6) is -1.58. The average molecular weight is 344 g/mol. The zero-order chi connectivity index (χ0) is 18.1. The summed E-state index contributed by atoms with van der Waals surface area (Å²) >= 11 is 0. The highest BCUT2D eigenvalue weighted by molar-refractivity contribution is 6.07. The monoisotopic (exact) mass is 344 g/mol. The second-order valence-electron chi connectivity index (χ2n) is 6.61. The smallest absolute Gasteiger partial charge is 0.323 e. The van der Waals surface area contributed by atoms with Gasteiger partial charge in [-0.2, -0.15) is 0 Å². The number of amides is 1. The van der Waals surface area contributed by atoms with Gasteiger partial charge in [0.1, 0.15) is 12.4 Å².